The summed E-state index contributed by atoms with van der Waals surface area (Å²) in [4.78, 5) is 12.4. The molecule has 0 aliphatic heterocycles. The Morgan fingerprint density at radius 1 is 1.11 bits per heavy atom. The molecule has 0 spiro atoms. The highest BCUT2D eigenvalue weighted by molar-refractivity contribution is 5.47. The molecule has 0 saturated carbocycles. The van der Waals surface area contributed by atoms with Gasteiger partial charge in [0, 0.05) is 6.20 Å². The highest BCUT2D eigenvalue weighted by Crippen LogP contribution is 2.17. The Morgan fingerprint density at radius 2 is 1.79 bits per heavy atom. The van der Waals surface area contributed by atoms with E-state index in [2.05, 4.69) is 0 Å². The van der Waals surface area contributed by atoms with E-state index in [9.17, 15) is 4.79 Å². The number of nitrogens with zero attached hydrogens (tertiary/aromatic N) is 2. The van der Waals surface area contributed by atoms with Crippen molar-refractivity contribution >= 4 is 0 Å². The zero-order chi connectivity index (χ0) is 14.2. The van der Waals surface area contributed by atoms with E-state index in [1.165, 1.54) is 0 Å². The van der Waals surface area contributed by atoms with E-state index < -0.39 is 0 Å². The van der Waals surface area contributed by atoms with Gasteiger partial charge in [0.1, 0.15) is 11.6 Å². The maximum Gasteiger partial charge on any atom is 0.273 e. The summed E-state index contributed by atoms with van der Waals surface area (Å²) in [7, 11) is 0. The number of benzene rings is 1. The van der Waals surface area contributed by atoms with Gasteiger partial charge in [0.15, 0.2) is 0 Å². The Bertz CT molecular complexity index is 749. The average molecular weight is 252 g/mol. The summed E-state index contributed by atoms with van der Waals surface area (Å²) >= 11 is 0. The molecule has 0 fully saturated rings. The van der Waals surface area contributed by atoms with E-state index in [4.69, 9.17) is 5.26 Å². The SMILES string of the molecule is Cc1ccc(C)c(-n2cc(C)c(C)c(C#N)c2=O)c1. The third-order valence-corrected chi connectivity index (χ3v) is 3.46. The number of rotatable bonds is 1. The molecule has 0 bridgehead atoms. The Labute approximate surface area is 112 Å². The van der Waals surface area contributed by atoms with Crippen LogP contribution >= 0.6 is 0 Å². The van der Waals surface area contributed by atoms with Crippen molar-refractivity contribution in [3.05, 3.63) is 62.6 Å². The van der Waals surface area contributed by atoms with Crippen LogP contribution in [0.4, 0.5) is 0 Å². The fourth-order valence-electron chi connectivity index (χ4n) is 2.12. The molecule has 1 heterocycles. The van der Waals surface area contributed by atoms with Gasteiger partial charge in [-0.25, -0.2) is 0 Å². The van der Waals surface area contributed by atoms with Gasteiger partial charge in [0.2, 0.25) is 0 Å². The normalized spacial score (nSPS) is 10.3. The van der Waals surface area contributed by atoms with Crippen LogP contribution in [0.2, 0.25) is 0 Å². The summed E-state index contributed by atoms with van der Waals surface area (Å²) in [5.41, 5.74) is 4.61. The molecule has 0 aliphatic rings. The van der Waals surface area contributed by atoms with Gasteiger partial charge in [-0.2, -0.15) is 5.26 Å². The second-order valence-electron chi connectivity index (χ2n) is 4.89. The van der Waals surface area contributed by atoms with E-state index in [1.54, 1.807) is 10.8 Å². The van der Waals surface area contributed by atoms with Gasteiger partial charge in [-0.05, 0) is 56.0 Å². The number of hydrogen-bond acceptors (Lipinski definition) is 2. The van der Waals surface area contributed by atoms with Crippen molar-refractivity contribution in [2.24, 2.45) is 0 Å². The molecule has 0 saturated heterocycles. The van der Waals surface area contributed by atoms with E-state index in [-0.39, 0.29) is 11.1 Å². The van der Waals surface area contributed by atoms with Crippen LogP contribution in [0.15, 0.2) is 29.2 Å². The fourth-order valence-corrected chi connectivity index (χ4v) is 2.12. The standard InChI is InChI=1S/C16H16N2O/c1-10-5-6-11(2)15(7-10)18-9-12(3)13(4)14(8-17)16(18)19/h5-7,9H,1-4H3. The van der Waals surface area contributed by atoms with Crippen molar-refractivity contribution in [2.45, 2.75) is 27.7 Å². The van der Waals surface area contributed by atoms with Crippen molar-refractivity contribution in [2.75, 3.05) is 0 Å². The molecule has 96 valence electrons. The molecule has 1 aromatic carbocycles. The van der Waals surface area contributed by atoms with Crippen LogP contribution in [0, 0.1) is 39.0 Å². The Kier molecular flexibility index (Phi) is 3.26. The van der Waals surface area contributed by atoms with Crippen LogP contribution in [0.5, 0.6) is 0 Å². The Hall–Kier alpha value is -2.34. The quantitative estimate of drug-likeness (QED) is 0.783. The molecule has 19 heavy (non-hydrogen) atoms. The molecule has 0 aliphatic carbocycles. The summed E-state index contributed by atoms with van der Waals surface area (Å²) in [6.45, 7) is 7.67. The lowest BCUT2D eigenvalue weighted by Gasteiger charge is -2.13. The summed E-state index contributed by atoms with van der Waals surface area (Å²) in [5, 5.41) is 9.16. The third kappa shape index (κ3) is 2.17. The minimum absolute atomic E-state index is 0.223. The number of nitriles is 1. The van der Waals surface area contributed by atoms with E-state index in [0.29, 0.717) is 0 Å². The number of pyridine rings is 1. The highest BCUT2D eigenvalue weighted by Gasteiger charge is 2.12. The van der Waals surface area contributed by atoms with Crippen LogP contribution in [0.25, 0.3) is 5.69 Å². The molecule has 0 radical (unpaired) electrons. The van der Waals surface area contributed by atoms with Crippen molar-refractivity contribution in [1.82, 2.24) is 4.57 Å². The van der Waals surface area contributed by atoms with Gasteiger partial charge < -0.3 is 0 Å². The van der Waals surface area contributed by atoms with Crippen molar-refractivity contribution < 1.29 is 0 Å². The smallest absolute Gasteiger partial charge is 0.273 e. The summed E-state index contributed by atoms with van der Waals surface area (Å²) in [5.74, 6) is 0. The zero-order valence-electron chi connectivity index (χ0n) is 11.6. The fraction of sp³-hybridized carbons (Fsp3) is 0.250. The summed E-state index contributed by atoms with van der Waals surface area (Å²) < 4.78 is 1.57. The first-order chi connectivity index (χ1) is 8.95. The minimum Gasteiger partial charge on any atom is -0.283 e. The van der Waals surface area contributed by atoms with Gasteiger partial charge in [-0.15, -0.1) is 0 Å². The van der Waals surface area contributed by atoms with Crippen LogP contribution in [-0.2, 0) is 0 Å². The average Bonchev–Trinajstić information content (AvgIpc) is 2.38. The minimum atomic E-state index is -0.251. The molecule has 0 N–H and O–H groups in total. The van der Waals surface area contributed by atoms with E-state index >= 15 is 0 Å². The first-order valence-electron chi connectivity index (χ1n) is 6.16. The van der Waals surface area contributed by atoms with Gasteiger partial charge >= 0.3 is 0 Å². The van der Waals surface area contributed by atoms with Crippen molar-refractivity contribution in [3.8, 4) is 11.8 Å². The first-order valence-corrected chi connectivity index (χ1v) is 6.16. The topological polar surface area (TPSA) is 45.8 Å². The lowest BCUT2D eigenvalue weighted by molar-refractivity contribution is 0.944. The summed E-state index contributed by atoms with van der Waals surface area (Å²) in [6, 6.07) is 7.97. The predicted octanol–water partition coefficient (Wildman–Crippen LogP) is 2.94. The molecule has 0 amide bonds. The van der Waals surface area contributed by atoms with Gasteiger partial charge in [0.05, 0.1) is 5.69 Å². The molecule has 0 atom stereocenters. The zero-order valence-corrected chi connectivity index (χ0v) is 11.6. The lowest BCUT2D eigenvalue weighted by Crippen LogP contribution is -2.23. The van der Waals surface area contributed by atoms with Crippen molar-refractivity contribution in [3.63, 3.8) is 0 Å². The molecule has 3 heteroatoms. The highest BCUT2D eigenvalue weighted by atomic mass is 16.1. The second-order valence-corrected chi connectivity index (χ2v) is 4.89. The van der Waals surface area contributed by atoms with Crippen LogP contribution in [0.1, 0.15) is 27.8 Å². The molecule has 0 unspecified atom stereocenters. The molecular weight excluding hydrogens is 236 g/mol. The maximum absolute atomic E-state index is 12.4. The third-order valence-electron chi connectivity index (χ3n) is 3.46. The van der Waals surface area contributed by atoms with Gasteiger partial charge in [0.25, 0.3) is 5.56 Å². The number of aromatic nitrogens is 1. The largest absolute Gasteiger partial charge is 0.283 e. The Balaban J connectivity index is 2.85. The van der Waals surface area contributed by atoms with Gasteiger partial charge in [-0.3, -0.25) is 9.36 Å². The van der Waals surface area contributed by atoms with E-state index in [1.807, 2.05) is 52.0 Å². The van der Waals surface area contributed by atoms with Crippen molar-refractivity contribution in [1.29, 1.82) is 5.26 Å². The molecular formula is C16H16N2O. The Morgan fingerprint density at radius 3 is 2.42 bits per heavy atom. The van der Waals surface area contributed by atoms with Gasteiger partial charge in [-0.1, -0.05) is 12.1 Å². The van der Waals surface area contributed by atoms with Crippen LogP contribution in [-0.4, -0.2) is 4.57 Å². The van der Waals surface area contributed by atoms with E-state index in [0.717, 1.165) is 27.9 Å². The monoisotopic (exact) mass is 252 g/mol. The number of hydrogen-bond donors (Lipinski definition) is 0. The number of aryl methyl sites for hydroxylation is 3. The van der Waals surface area contributed by atoms with Crippen LogP contribution in [0.3, 0.4) is 0 Å². The maximum atomic E-state index is 12.4. The predicted molar refractivity (Wildman–Crippen MR) is 75.7 cm³/mol. The summed E-state index contributed by atoms with van der Waals surface area (Å²) in [6.07, 6.45) is 1.81. The lowest BCUT2D eigenvalue weighted by atomic mass is 10.1. The molecule has 2 rings (SSSR count). The van der Waals surface area contributed by atoms with Crippen LogP contribution < -0.4 is 5.56 Å². The molecule has 3 nitrogen and oxygen atoms in total. The molecule has 1 aromatic heterocycles. The first kappa shape index (κ1) is 13.1. The second kappa shape index (κ2) is 4.74. The molecule has 2 aromatic rings.